The van der Waals surface area contributed by atoms with Crippen molar-refractivity contribution in [3.05, 3.63) is 0 Å². The maximum absolute atomic E-state index is 5.86. The molecule has 0 atom stereocenters. The fraction of sp³-hybridized carbons (Fsp3) is 0. The Morgan fingerprint density at radius 1 is 2.00 bits per heavy atom. The Labute approximate surface area is 61.5 Å². The Kier molecular flexibility index (Phi) is 28.0. The Hall–Kier alpha value is 1.41. The Balaban J connectivity index is 0. The zero-order valence-electron chi connectivity index (χ0n) is 2.91. The third kappa shape index (κ3) is 52.8. The Morgan fingerprint density at radius 3 is 2.00 bits per heavy atom. The first-order valence-electron chi connectivity index (χ1n) is 1.000. The van der Waals surface area contributed by atoms with Crippen molar-refractivity contribution in [2.75, 3.05) is 0 Å². The summed E-state index contributed by atoms with van der Waals surface area (Å²) in [4.78, 5) is 0. The van der Waals surface area contributed by atoms with E-state index in [9.17, 15) is 0 Å². The molecule has 0 aromatic carbocycles. The van der Waals surface area contributed by atoms with Crippen LogP contribution in [0.15, 0.2) is 0 Å². The molecule has 0 amide bonds. The number of rotatable bonds is 0. The first kappa shape index (κ1) is 10.4. The van der Waals surface area contributed by atoms with Gasteiger partial charge in [0.2, 0.25) is 0 Å². The molecule has 0 bridgehead atoms. The third-order valence-electron chi connectivity index (χ3n) is 0. The predicted octanol–water partition coefficient (Wildman–Crippen LogP) is 0.747. The van der Waals surface area contributed by atoms with Gasteiger partial charge in [-0.05, 0) is 0 Å². The summed E-state index contributed by atoms with van der Waals surface area (Å²) >= 11 is 1.77. The minimum atomic E-state index is -0.474. The zero-order valence-corrected chi connectivity index (χ0v) is 9.71. The number of hydrogen-bond acceptors (Lipinski definition) is 1. The number of nitrogens with one attached hydrogen (secondary N) is 1. The van der Waals surface area contributed by atoms with Crippen molar-refractivity contribution >= 4 is 51.1 Å². The van der Waals surface area contributed by atoms with Gasteiger partial charge >= 0.3 is 44.8 Å². The van der Waals surface area contributed by atoms with Crippen LogP contribution in [0.25, 0.3) is 0 Å². The Bertz CT molecular complexity index is 27.5. The van der Waals surface area contributed by atoms with Gasteiger partial charge in [-0.1, -0.05) is 0 Å². The second-order valence-corrected chi connectivity index (χ2v) is 12.8. The van der Waals surface area contributed by atoms with Gasteiger partial charge in [-0.3, -0.25) is 5.41 Å². The maximum atomic E-state index is 5.86. The second kappa shape index (κ2) is 16.1. The van der Waals surface area contributed by atoms with Crippen molar-refractivity contribution < 1.29 is 0 Å². The molecule has 0 fully saturated rings. The molecule has 0 unspecified atom stereocenters. The summed E-state index contributed by atoms with van der Waals surface area (Å²) in [5.41, 5.74) is 4.39. The predicted molar refractivity (Wildman–Crippen MR) is 38.6 cm³/mol. The zero-order chi connectivity index (χ0) is 5.41. The van der Waals surface area contributed by atoms with Crippen LogP contribution in [-0.2, 0) is 0 Å². The van der Waals surface area contributed by atoms with E-state index in [-0.39, 0.29) is 0 Å². The van der Waals surface area contributed by atoms with E-state index in [1.165, 1.54) is 0 Å². The van der Waals surface area contributed by atoms with Crippen molar-refractivity contribution in [3.63, 3.8) is 0 Å². The topological polar surface area (TPSA) is 49.9 Å². The molecule has 2 nitrogen and oxygen atoms in total. The van der Waals surface area contributed by atoms with Gasteiger partial charge in [-0.2, -0.15) is 0 Å². The summed E-state index contributed by atoms with van der Waals surface area (Å²) in [6, 6.07) is 0. The van der Waals surface area contributed by atoms with Gasteiger partial charge in [-0.15, -0.1) is 0 Å². The molecule has 0 aliphatic rings. The summed E-state index contributed by atoms with van der Waals surface area (Å²) in [6.07, 6.45) is 0.750. The molecule has 0 aliphatic carbocycles. The summed E-state index contributed by atoms with van der Waals surface area (Å²) in [7, 11) is 5.18. The van der Waals surface area contributed by atoms with Crippen LogP contribution in [0.4, 0.5) is 0 Å². The van der Waals surface area contributed by atoms with E-state index in [1.807, 2.05) is 0 Å². The van der Waals surface area contributed by atoms with E-state index in [4.69, 9.17) is 13.7 Å². The van der Waals surface area contributed by atoms with Gasteiger partial charge in [0, 0.05) is 0 Å². The van der Waals surface area contributed by atoms with Gasteiger partial charge < -0.3 is 5.73 Å². The van der Waals surface area contributed by atoms with E-state index < -0.39 is 18.7 Å². The molecule has 2 radical (unpaired) electrons. The fourth-order valence-electron chi connectivity index (χ4n) is 0. The number of hydrogen-bond donors (Lipinski definition) is 2. The number of halogens is 2. The van der Waals surface area contributed by atoms with Gasteiger partial charge in [0.25, 0.3) is 0 Å². The quantitative estimate of drug-likeness (QED) is 0.262. The van der Waals surface area contributed by atoms with Crippen LogP contribution in [0.5, 0.6) is 0 Å². The molecular formula is CH4ClIN2Pb. The van der Waals surface area contributed by atoms with Crippen molar-refractivity contribution in [2.45, 2.75) is 0 Å². The minimum absolute atomic E-state index is 0.474. The molecule has 0 saturated heterocycles. The van der Waals surface area contributed by atoms with Crippen LogP contribution in [0.1, 0.15) is 0 Å². The molecule has 3 N–H and O–H groups in total. The molecule has 36 valence electrons. The van der Waals surface area contributed by atoms with Crippen LogP contribution < -0.4 is 5.73 Å². The van der Waals surface area contributed by atoms with Crippen LogP contribution in [0.2, 0.25) is 0 Å². The van der Waals surface area contributed by atoms with E-state index >= 15 is 0 Å². The fourth-order valence-corrected chi connectivity index (χ4v) is 0. The van der Waals surface area contributed by atoms with Gasteiger partial charge in [-0.25, -0.2) is 0 Å². The van der Waals surface area contributed by atoms with Crippen LogP contribution in [0, 0.1) is 5.41 Å². The summed E-state index contributed by atoms with van der Waals surface area (Å²) in [6.45, 7) is 0. The van der Waals surface area contributed by atoms with Crippen molar-refractivity contribution in [2.24, 2.45) is 5.73 Å². The van der Waals surface area contributed by atoms with Crippen LogP contribution in [-0.4, -0.2) is 25.1 Å². The molecule has 5 heteroatoms. The monoisotopic (exact) mass is 414 g/mol. The first-order valence-corrected chi connectivity index (χ1v) is 16.7. The summed E-state index contributed by atoms with van der Waals surface area (Å²) < 4.78 is 0. The average molecular weight is 414 g/mol. The normalized spacial score (nSPS) is 5.00. The molecule has 0 saturated carbocycles. The van der Waals surface area contributed by atoms with E-state index in [1.54, 1.807) is 0 Å². The van der Waals surface area contributed by atoms with Crippen LogP contribution >= 0.6 is 26.1 Å². The molecule has 0 heterocycles. The SMILES string of the molecule is N=CN.[Cl][Pb][I]. The molecule has 0 aromatic heterocycles. The molecule has 0 aromatic rings. The second-order valence-electron chi connectivity index (χ2n) is 0.238. The third-order valence-corrected chi connectivity index (χ3v) is 0. The molecule has 0 rings (SSSR count). The van der Waals surface area contributed by atoms with E-state index in [0.29, 0.717) is 0 Å². The first-order chi connectivity index (χ1) is 2.83. The van der Waals surface area contributed by atoms with Crippen molar-refractivity contribution in [1.82, 2.24) is 0 Å². The Morgan fingerprint density at radius 2 is 2.00 bits per heavy atom. The molecular weight excluding hydrogens is 410 g/mol. The molecule has 6 heavy (non-hydrogen) atoms. The van der Waals surface area contributed by atoms with Gasteiger partial charge in [0.05, 0.1) is 6.34 Å². The van der Waals surface area contributed by atoms with Gasteiger partial charge in [0.1, 0.15) is 0 Å². The van der Waals surface area contributed by atoms with Gasteiger partial charge in [0.15, 0.2) is 0 Å². The average Bonchev–Trinajstić information content (AvgIpc) is 1.39. The summed E-state index contributed by atoms with van der Waals surface area (Å²) in [5.74, 6) is 0. The standard InChI is InChI=1S/CH4N2.ClH.HI.Pb/c2-1-3;;;/h1H,(H3,2,3);2*1H;/q;;;+2/p-2. The number of nitrogens with two attached hydrogens (primary N) is 1. The molecule has 0 aliphatic heterocycles. The van der Waals surface area contributed by atoms with Crippen LogP contribution in [0.3, 0.4) is 0 Å². The van der Waals surface area contributed by atoms with Crippen molar-refractivity contribution in [1.29, 1.82) is 5.41 Å². The van der Waals surface area contributed by atoms with E-state index in [0.717, 1.165) is 6.34 Å². The van der Waals surface area contributed by atoms with Crippen molar-refractivity contribution in [3.8, 4) is 0 Å². The summed E-state index contributed by atoms with van der Waals surface area (Å²) in [5, 5.41) is 5.86. The molecule has 0 spiro atoms. The van der Waals surface area contributed by atoms with E-state index in [2.05, 4.69) is 23.5 Å².